The number of imidazole rings is 1. The highest BCUT2D eigenvalue weighted by atomic mass is 32.1. The minimum Gasteiger partial charge on any atom is -0.503 e. The first-order valence-electron chi connectivity index (χ1n) is 7.34. The van der Waals surface area contributed by atoms with E-state index in [4.69, 9.17) is 0 Å². The molecule has 25 heavy (non-hydrogen) atoms. The maximum absolute atomic E-state index is 14.0. The molecule has 2 aromatic carbocycles. The Morgan fingerprint density at radius 3 is 2.84 bits per heavy atom. The highest BCUT2D eigenvalue weighted by Crippen LogP contribution is 2.33. The molecule has 0 unspecified atom stereocenters. The first-order valence-corrected chi connectivity index (χ1v) is 8.16. The van der Waals surface area contributed by atoms with Gasteiger partial charge in [-0.1, -0.05) is 12.1 Å². The number of halogens is 2. The minimum atomic E-state index is -1.05. The number of para-hydroxylation sites is 2. The lowest BCUT2D eigenvalue weighted by molar-refractivity contribution is 0.397. The molecular weight excluding hydrogens is 348 g/mol. The normalized spacial score (nSPS) is 11.3. The van der Waals surface area contributed by atoms with Gasteiger partial charge < -0.3 is 10.1 Å². The van der Waals surface area contributed by atoms with Crippen LogP contribution >= 0.6 is 11.3 Å². The quantitative estimate of drug-likeness (QED) is 0.588. The first kappa shape index (κ1) is 15.5. The summed E-state index contributed by atoms with van der Waals surface area (Å²) in [7, 11) is 0. The molecule has 2 heterocycles. The predicted octanol–water partition coefficient (Wildman–Crippen LogP) is 3.49. The highest BCUT2D eigenvalue weighted by Gasteiger charge is 2.17. The van der Waals surface area contributed by atoms with E-state index in [0.717, 1.165) is 22.0 Å². The van der Waals surface area contributed by atoms with E-state index in [0.29, 0.717) is 5.01 Å². The summed E-state index contributed by atoms with van der Waals surface area (Å²) < 4.78 is 28.8. The van der Waals surface area contributed by atoms with Crippen LogP contribution in [0, 0.1) is 11.6 Å². The summed E-state index contributed by atoms with van der Waals surface area (Å²) in [6, 6.07) is 9.51. The number of hydrogen-bond acceptors (Lipinski definition) is 4. The molecule has 0 aliphatic carbocycles. The van der Waals surface area contributed by atoms with Gasteiger partial charge in [0.05, 0.1) is 23.1 Å². The Labute approximate surface area is 143 Å². The van der Waals surface area contributed by atoms with Crippen molar-refractivity contribution in [3.05, 3.63) is 69.6 Å². The summed E-state index contributed by atoms with van der Waals surface area (Å²) in [6.07, 6.45) is 1.54. The topological polar surface area (TPSA) is 70.9 Å². The van der Waals surface area contributed by atoms with E-state index in [9.17, 15) is 18.7 Å². The van der Waals surface area contributed by atoms with Gasteiger partial charge in [-0.3, -0.25) is 4.57 Å². The molecule has 0 saturated carbocycles. The molecule has 126 valence electrons. The number of phenols is 1. The molecule has 0 radical (unpaired) electrons. The van der Waals surface area contributed by atoms with Gasteiger partial charge in [0, 0.05) is 11.1 Å². The van der Waals surface area contributed by atoms with Gasteiger partial charge in [-0.25, -0.2) is 18.6 Å². The van der Waals surface area contributed by atoms with Gasteiger partial charge in [0.25, 0.3) is 0 Å². The van der Waals surface area contributed by atoms with Crippen LogP contribution in [0.5, 0.6) is 5.75 Å². The monoisotopic (exact) mass is 359 g/mol. The van der Waals surface area contributed by atoms with Gasteiger partial charge in [-0.2, -0.15) is 0 Å². The average Bonchev–Trinajstić information content (AvgIpc) is 3.18. The lowest BCUT2D eigenvalue weighted by atomic mass is 10.2. The number of H-pyrrole nitrogens is 1. The molecule has 2 N–H and O–H groups in total. The van der Waals surface area contributed by atoms with Crippen molar-refractivity contribution in [1.82, 2.24) is 14.5 Å². The van der Waals surface area contributed by atoms with E-state index in [1.165, 1.54) is 23.6 Å². The first-order chi connectivity index (χ1) is 12.0. The number of aromatic hydroxyl groups is 1. The van der Waals surface area contributed by atoms with E-state index < -0.39 is 17.4 Å². The van der Waals surface area contributed by atoms with Gasteiger partial charge in [-0.05, 0) is 24.3 Å². The van der Waals surface area contributed by atoms with Crippen molar-refractivity contribution >= 4 is 22.4 Å². The van der Waals surface area contributed by atoms with Crippen LogP contribution in [-0.2, 0) is 6.54 Å². The van der Waals surface area contributed by atoms with Crippen molar-refractivity contribution in [2.75, 3.05) is 0 Å². The van der Waals surface area contributed by atoms with Crippen molar-refractivity contribution < 1.29 is 13.9 Å². The number of nitrogens with one attached hydrogen (secondary N) is 1. The molecule has 0 amide bonds. The van der Waals surface area contributed by atoms with E-state index in [2.05, 4.69) is 9.97 Å². The zero-order chi connectivity index (χ0) is 17.6. The third kappa shape index (κ3) is 2.60. The molecule has 8 heteroatoms. The standard InChI is InChI=1S/C17H11F2N3O2S/c18-11-6-5-10(14(19)15(11)23)16-20-7-9(25-16)8-22-13-4-2-1-3-12(13)21-17(22)24/h1-7,23H,8H2,(H,21,24). The summed E-state index contributed by atoms with van der Waals surface area (Å²) in [4.78, 5) is 19.7. The number of phenolic OH excluding ortho intramolecular Hbond substituents is 1. The number of hydrogen-bond donors (Lipinski definition) is 2. The molecule has 5 nitrogen and oxygen atoms in total. The van der Waals surface area contributed by atoms with Crippen LogP contribution in [0.15, 0.2) is 47.4 Å². The summed E-state index contributed by atoms with van der Waals surface area (Å²) in [5.41, 5.74) is 1.25. The number of fused-ring (bicyclic) bond motifs is 1. The smallest absolute Gasteiger partial charge is 0.326 e. The van der Waals surface area contributed by atoms with E-state index in [1.807, 2.05) is 24.3 Å². The number of aromatic amines is 1. The second-order valence-electron chi connectivity index (χ2n) is 5.42. The lowest BCUT2D eigenvalue weighted by Crippen LogP contribution is -2.16. The molecule has 0 spiro atoms. The average molecular weight is 359 g/mol. The molecule has 0 aliphatic heterocycles. The third-order valence-electron chi connectivity index (χ3n) is 3.85. The van der Waals surface area contributed by atoms with Crippen LogP contribution in [0.25, 0.3) is 21.6 Å². The largest absolute Gasteiger partial charge is 0.503 e. The minimum absolute atomic E-state index is 0.0152. The SMILES string of the molecule is O=c1[nH]c2ccccc2n1Cc1cnc(-c2ccc(F)c(O)c2F)s1. The van der Waals surface area contributed by atoms with Gasteiger partial charge in [0.1, 0.15) is 5.01 Å². The third-order valence-corrected chi connectivity index (χ3v) is 4.86. The molecule has 0 bridgehead atoms. The zero-order valence-electron chi connectivity index (χ0n) is 12.7. The number of thiazole rings is 1. The second-order valence-corrected chi connectivity index (χ2v) is 6.54. The molecule has 0 saturated heterocycles. The van der Waals surface area contributed by atoms with E-state index >= 15 is 0 Å². The summed E-state index contributed by atoms with van der Waals surface area (Å²) in [6.45, 7) is 0.273. The fourth-order valence-electron chi connectivity index (χ4n) is 2.63. The van der Waals surface area contributed by atoms with Crippen LogP contribution in [0.3, 0.4) is 0 Å². The number of aromatic nitrogens is 3. The second kappa shape index (κ2) is 5.82. The summed E-state index contributed by atoms with van der Waals surface area (Å²) in [5, 5.41) is 9.70. The molecule has 4 rings (SSSR count). The summed E-state index contributed by atoms with van der Waals surface area (Å²) in [5.74, 6) is -3.10. The fourth-order valence-corrected chi connectivity index (χ4v) is 3.55. The molecule has 4 aromatic rings. The van der Waals surface area contributed by atoms with Crippen molar-refractivity contribution in [2.24, 2.45) is 0 Å². The van der Waals surface area contributed by atoms with Gasteiger partial charge in [0.15, 0.2) is 17.4 Å². The van der Waals surface area contributed by atoms with Crippen LogP contribution in [0.2, 0.25) is 0 Å². The predicted molar refractivity (Wildman–Crippen MR) is 90.8 cm³/mol. The van der Waals surface area contributed by atoms with Gasteiger partial charge in [0.2, 0.25) is 0 Å². The Bertz CT molecular complexity index is 1150. The molecule has 0 aliphatic rings. The maximum atomic E-state index is 14.0. The number of nitrogens with zero attached hydrogens (tertiary/aromatic N) is 2. The van der Waals surface area contributed by atoms with Crippen LogP contribution in [0.4, 0.5) is 8.78 Å². The van der Waals surface area contributed by atoms with Crippen LogP contribution < -0.4 is 5.69 Å². The van der Waals surface area contributed by atoms with E-state index in [1.54, 1.807) is 4.57 Å². The Kier molecular flexibility index (Phi) is 3.61. The number of rotatable bonds is 3. The lowest BCUT2D eigenvalue weighted by Gasteiger charge is -2.02. The summed E-state index contributed by atoms with van der Waals surface area (Å²) >= 11 is 1.17. The zero-order valence-corrected chi connectivity index (χ0v) is 13.5. The van der Waals surface area contributed by atoms with Crippen molar-refractivity contribution in [1.29, 1.82) is 0 Å². The van der Waals surface area contributed by atoms with Gasteiger partial charge >= 0.3 is 5.69 Å². The molecule has 2 aromatic heterocycles. The Morgan fingerprint density at radius 2 is 2.00 bits per heavy atom. The highest BCUT2D eigenvalue weighted by molar-refractivity contribution is 7.15. The van der Waals surface area contributed by atoms with Crippen molar-refractivity contribution in [3.8, 4) is 16.3 Å². The fraction of sp³-hybridized carbons (Fsp3) is 0.0588. The molecule has 0 atom stereocenters. The van der Waals surface area contributed by atoms with Crippen molar-refractivity contribution in [2.45, 2.75) is 6.54 Å². The van der Waals surface area contributed by atoms with Crippen LogP contribution in [0.1, 0.15) is 4.88 Å². The van der Waals surface area contributed by atoms with Crippen LogP contribution in [-0.4, -0.2) is 19.6 Å². The van der Waals surface area contributed by atoms with E-state index in [-0.39, 0.29) is 17.8 Å². The maximum Gasteiger partial charge on any atom is 0.326 e. The molecule has 0 fully saturated rings. The van der Waals surface area contributed by atoms with Gasteiger partial charge in [-0.15, -0.1) is 11.3 Å². The Hall–Kier alpha value is -3.00. The Morgan fingerprint density at radius 1 is 1.20 bits per heavy atom. The number of benzene rings is 2. The molecular formula is C17H11F2N3O2S. The van der Waals surface area contributed by atoms with Crippen molar-refractivity contribution in [3.63, 3.8) is 0 Å². The Balaban J connectivity index is 1.72.